The molecule has 176 valence electrons. The van der Waals surface area contributed by atoms with E-state index in [2.05, 4.69) is 11.4 Å². The average molecular weight is 503 g/mol. The van der Waals surface area contributed by atoms with Crippen LogP contribution in [0.15, 0.2) is 59.5 Å². The van der Waals surface area contributed by atoms with E-state index in [9.17, 15) is 23.2 Å². The summed E-state index contributed by atoms with van der Waals surface area (Å²) in [5, 5.41) is 18.4. The summed E-state index contributed by atoms with van der Waals surface area (Å²) in [6.45, 7) is 0.220. The van der Waals surface area contributed by atoms with Gasteiger partial charge in [0, 0.05) is 22.9 Å². The fraction of sp³-hybridized carbons (Fsp3) is 0.250. The van der Waals surface area contributed by atoms with Crippen molar-refractivity contribution in [3.63, 3.8) is 0 Å². The number of halogens is 3. The summed E-state index contributed by atoms with van der Waals surface area (Å²) in [7, 11) is 0. The number of amides is 1. The van der Waals surface area contributed by atoms with E-state index in [-0.39, 0.29) is 31.0 Å². The Hall–Kier alpha value is -2.84. The quantitative estimate of drug-likeness (QED) is 0.440. The van der Waals surface area contributed by atoms with Gasteiger partial charge in [-0.1, -0.05) is 42.5 Å². The van der Waals surface area contributed by atoms with Crippen LogP contribution in [-0.2, 0) is 24.2 Å². The molecule has 3 N–H and O–H groups in total. The van der Waals surface area contributed by atoms with Gasteiger partial charge in [0.05, 0.1) is 12.0 Å². The smallest absolute Gasteiger partial charge is 0.316 e. The largest absolute Gasteiger partial charge is 0.408 e. The molecule has 1 amide bonds. The third-order valence-corrected chi connectivity index (χ3v) is 7.34. The summed E-state index contributed by atoms with van der Waals surface area (Å²) >= 11 is 2.29. The summed E-state index contributed by atoms with van der Waals surface area (Å²) in [4.78, 5) is 15.5. The number of alkyl halides is 3. The predicted octanol–water partition coefficient (Wildman–Crippen LogP) is 5.43. The van der Waals surface area contributed by atoms with E-state index >= 15 is 0 Å². The molecule has 0 aliphatic carbocycles. The number of carbonyl (C=O) groups excluding carboxylic acids is 1. The number of fused-ring (bicyclic) bond motifs is 1. The molecule has 0 radical (unpaired) electrons. The first-order valence-electron chi connectivity index (χ1n) is 10.5. The van der Waals surface area contributed by atoms with Crippen molar-refractivity contribution in [1.29, 1.82) is 5.26 Å². The molecule has 3 aromatic rings. The molecule has 34 heavy (non-hydrogen) atoms. The number of hydrogen-bond donors (Lipinski definition) is 2. The van der Waals surface area contributed by atoms with Crippen molar-refractivity contribution in [2.24, 2.45) is 5.14 Å². The van der Waals surface area contributed by atoms with Crippen molar-refractivity contribution < 1.29 is 18.0 Å². The van der Waals surface area contributed by atoms with Crippen molar-refractivity contribution in [1.82, 2.24) is 4.90 Å². The Kier molecular flexibility index (Phi) is 7.28. The van der Waals surface area contributed by atoms with Crippen LogP contribution in [0.3, 0.4) is 0 Å². The number of hydrogen-bond acceptors (Lipinski definition) is 6. The summed E-state index contributed by atoms with van der Waals surface area (Å²) in [6.07, 6.45) is -4.02. The molecule has 0 saturated heterocycles. The number of benzene rings is 2. The van der Waals surface area contributed by atoms with Gasteiger partial charge in [-0.25, -0.2) is 0 Å². The fourth-order valence-corrected chi connectivity index (χ4v) is 5.67. The highest BCUT2D eigenvalue weighted by atomic mass is 32.2. The fourth-order valence-electron chi connectivity index (χ4n) is 4.13. The molecule has 1 atom stereocenters. The number of carbonyl (C=O) groups is 1. The van der Waals surface area contributed by atoms with Gasteiger partial charge in [-0.3, -0.25) is 14.8 Å². The molecule has 4 rings (SSSR count). The maximum Gasteiger partial charge on any atom is 0.408 e. The lowest BCUT2D eigenvalue weighted by molar-refractivity contribution is -0.188. The van der Waals surface area contributed by atoms with E-state index in [0.717, 1.165) is 28.0 Å². The van der Waals surface area contributed by atoms with Crippen LogP contribution in [0.4, 0.5) is 18.2 Å². The van der Waals surface area contributed by atoms with Crippen molar-refractivity contribution in [3.05, 3.63) is 81.7 Å². The first-order valence-corrected chi connectivity index (χ1v) is 12.2. The third kappa shape index (κ3) is 5.28. The third-order valence-electron chi connectivity index (χ3n) is 5.67. The molecule has 0 spiro atoms. The van der Waals surface area contributed by atoms with Gasteiger partial charge < -0.3 is 5.32 Å². The molecule has 1 aliphatic heterocycles. The lowest BCUT2D eigenvalue weighted by atomic mass is 9.98. The highest BCUT2D eigenvalue weighted by Crippen LogP contribution is 2.43. The Balaban J connectivity index is 1.53. The summed E-state index contributed by atoms with van der Waals surface area (Å²) in [6, 6.07) is 15.5. The van der Waals surface area contributed by atoms with E-state index in [4.69, 9.17) is 5.14 Å². The normalized spacial score (nSPS) is 14.8. The van der Waals surface area contributed by atoms with Crippen LogP contribution in [0.2, 0.25) is 0 Å². The standard InChI is InChI=1S/C24H21F3N4OS2/c25-24(26,27)22(16-4-2-1-3-5-16)31-11-10-18-19(13-28)23(33-20(18)14-31)30-21(32)12-15-6-8-17(34-29)9-7-15/h1-9,22H,10-12,14,29H2,(H,30,32). The van der Waals surface area contributed by atoms with Crippen molar-refractivity contribution >= 4 is 34.2 Å². The van der Waals surface area contributed by atoms with E-state index in [0.29, 0.717) is 21.9 Å². The van der Waals surface area contributed by atoms with Crippen LogP contribution in [0.1, 0.15) is 33.2 Å². The molecule has 0 saturated carbocycles. The zero-order valence-electron chi connectivity index (χ0n) is 17.9. The Morgan fingerprint density at radius 2 is 1.91 bits per heavy atom. The number of anilines is 1. The first-order chi connectivity index (χ1) is 16.3. The Labute approximate surface area is 203 Å². The first kappa shape index (κ1) is 24.3. The molecule has 0 fully saturated rings. The summed E-state index contributed by atoms with van der Waals surface area (Å²) < 4.78 is 42.0. The molecular formula is C24H21F3N4OS2. The average Bonchev–Trinajstić information content (AvgIpc) is 3.15. The Morgan fingerprint density at radius 3 is 2.53 bits per heavy atom. The number of rotatable bonds is 6. The van der Waals surface area contributed by atoms with Gasteiger partial charge in [-0.05, 0) is 47.2 Å². The van der Waals surface area contributed by atoms with Crippen LogP contribution < -0.4 is 10.5 Å². The van der Waals surface area contributed by atoms with E-state index in [1.54, 1.807) is 30.3 Å². The molecule has 2 heterocycles. The van der Waals surface area contributed by atoms with E-state index in [1.807, 2.05) is 12.1 Å². The molecule has 0 bridgehead atoms. The zero-order valence-corrected chi connectivity index (χ0v) is 19.6. The number of nitrogens with one attached hydrogen (secondary N) is 1. The minimum atomic E-state index is -4.44. The lowest BCUT2D eigenvalue weighted by Gasteiger charge is -2.35. The molecule has 5 nitrogen and oxygen atoms in total. The highest BCUT2D eigenvalue weighted by molar-refractivity contribution is 7.97. The van der Waals surface area contributed by atoms with Gasteiger partial charge >= 0.3 is 6.18 Å². The second-order valence-electron chi connectivity index (χ2n) is 7.88. The number of nitrogens with two attached hydrogens (primary N) is 1. The highest BCUT2D eigenvalue weighted by Gasteiger charge is 2.45. The van der Waals surface area contributed by atoms with Crippen LogP contribution in [0.25, 0.3) is 0 Å². The molecule has 10 heteroatoms. The Bertz CT molecular complexity index is 1200. The summed E-state index contributed by atoms with van der Waals surface area (Å²) in [5.74, 6) is -0.294. The van der Waals surface area contributed by atoms with Crippen LogP contribution in [0, 0.1) is 11.3 Å². The molecule has 2 aromatic carbocycles. The second kappa shape index (κ2) is 10.2. The minimum Gasteiger partial charge on any atom is -0.316 e. The monoisotopic (exact) mass is 502 g/mol. The van der Waals surface area contributed by atoms with Gasteiger partial charge in [0.15, 0.2) is 0 Å². The van der Waals surface area contributed by atoms with Gasteiger partial charge in [0.2, 0.25) is 5.91 Å². The Morgan fingerprint density at radius 1 is 1.21 bits per heavy atom. The molecular weight excluding hydrogens is 481 g/mol. The SMILES string of the molecule is N#Cc1c(NC(=O)Cc2ccc(SN)cc2)sc2c1CCN(C(c1ccccc1)C(F)(F)F)C2. The predicted molar refractivity (Wildman–Crippen MR) is 127 cm³/mol. The van der Waals surface area contributed by atoms with E-state index < -0.39 is 12.2 Å². The zero-order chi connectivity index (χ0) is 24.3. The van der Waals surface area contributed by atoms with Crippen LogP contribution >= 0.6 is 23.3 Å². The number of thiophene rings is 1. The maximum absolute atomic E-state index is 14.0. The van der Waals surface area contributed by atoms with Gasteiger partial charge in [-0.2, -0.15) is 18.4 Å². The van der Waals surface area contributed by atoms with Gasteiger partial charge in [0.25, 0.3) is 0 Å². The summed E-state index contributed by atoms with van der Waals surface area (Å²) in [5.41, 5.74) is 2.03. The van der Waals surface area contributed by atoms with Gasteiger partial charge in [0.1, 0.15) is 17.1 Å². The van der Waals surface area contributed by atoms with Crippen LogP contribution in [-0.4, -0.2) is 23.5 Å². The molecule has 1 unspecified atom stereocenters. The lowest BCUT2D eigenvalue weighted by Crippen LogP contribution is -2.41. The number of nitrogens with zero attached hydrogens (tertiary/aromatic N) is 2. The molecule has 1 aromatic heterocycles. The van der Waals surface area contributed by atoms with Crippen LogP contribution in [0.5, 0.6) is 0 Å². The topological polar surface area (TPSA) is 82.1 Å². The second-order valence-corrected chi connectivity index (χ2v) is 9.69. The van der Waals surface area contributed by atoms with Crippen molar-refractivity contribution in [3.8, 4) is 6.07 Å². The van der Waals surface area contributed by atoms with E-state index in [1.165, 1.54) is 28.4 Å². The van der Waals surface area contributed by atoms with Gasteiger partial charge in [-0.15, -0.1) is 11.3 Å². The minimum absolute atomic E-state index is 0.0574. The number of nitriles is 1. The molecule has 1 aliphatic rings. The van der Waals surface area contributed by atoms with Crippen molar-refractivity contribution in [2.45, 2.75) is 36.5 Å². The van der Waals surface area contributed by atoms with Crippen molar-refractivity contribution in [2.75, 3.05) is 11.9 Å². The maximum atomic E-state index is 14.0.